The van der Waals surface area contributed by atoms with Gasteiger partial charge < -0.3 is 10.1 Å². The molecule has 0 aromatic heterocycles. The molecule has 2 atom stereocenters. The molecule has 1 saturated heterocycles. The summed E-state index contributed by atoms with van der Waals surface area (Å²) >= 11 is 0. The van der Waals surface area contributed by atoms with E-state index in [1.807, 2.05) is 0 Å². The van der Waals surface area contributed by atoms with Gasteiger partial charge in [-0.05, 0) is 77.7 Å². The zero-order valence-electron chi connectivity index (χ0n) is 12.5. The number of hydrogen-bond acceptors (Lipinski definition) is 2. The summed E-state index contributed by atoms with van der Waals surface area (Å²) in [4.78, 5) is 0. The van der Waals surface area contributed by atoms with Gasteiger partial charge in [-0.25, -0.2) is 0 Å². The first-order valence-corrected chi connectivity index (χ1v) is 8.02. The Hall–Kier alpha value is -0.0800. The minimum Gasteiger partial charge on any atom is -0.372 e. The van der Waals surface area contributed by atoms with E-state index < -0.39 is 0 Å². The molecule has 1 heterocycles. The van der Waals surface area contributed by atoms with Crippen molar-refractivity contribution in [2.45, 2.75) is 89.9 Å². The molecule has 18 heavy (non-hydrogen) atoms. The van der Waals surface area contributed by atoms with Crippen LogP contribution >= 0.6 is 0 Å². The van der Waals surface area contributed by atoms with Crippen LogP contribution in [-0.2, 0) is 4.74 Å². The van der Waals surface area contributed by atoms with Crippen LogP contribution in [0.15, 0.2) is 0 Å². The lowest BCUT2D eigenvalue weighted by Crippen LogP contribution is -2.31. The van der Waals surface area contributed by atoms with Crippen molar-refractivity contribution < 1.29 is 4.74 Å². The highest BCUT2D eigenvalue weighted by atomic mass is 16.5. The quantitative estimate of drug-likeness (QED) is 0.708. The van der Waals surface area contributed by atoms with E-state index in [0.717, 1.165) is 12.0 Å². The summed E-state index contributed by atoms with van der Waals surface area (Å²) in [6, 6.07) is 0.791. The molecule has 2 heteroatoms. The van der Waals surface area contributed by atoms with Gasteiger partial charge in [0, 0.05) is 6.04 Å². The first-order chi connectivity index (χ1) is 8.61. The molecule has 0 aromatic rings. The van der Waals surface area contributed by atoms with E-state index in [-0.39, 0.29) is 5.60 Å². The normalized spacial score (nSPS) is 28.5. The molecule has 1 saturated carbocycles. The molecule has 2 aliphatic rings. The van der Waals surface area contributed by atoms with Gasteiger partial charge in [0.1, 0.15) is 0 Å². The molecule has 0 bridgehead atoms. The van der Waals surface area contributed by atoms with Crippen molar-refractivity contribution >= 4 is 0 Å². The SMILES string of the molecule is CCCNC(CCCC1CCC(C)(C)O1)C1CC1. The zero-order chi connectivity index (χ0) is 13.0. The molecule has 1 aliphatic carbocycles. The zero-order valence-corrected chi connectivity index (χ0v) is 12.5. The molecule has 0 aromatic carbocycles. The Morgan fingerprint density at radius 1 is 1.28 bits per heavy atom. The molecule has 106 valence electrons. The fraction of sp³-hybridized carbons (Fsp3) is 1.00. The molecule has 2 fully saturated rings. The van der Waals surface area contributed by atoms with Gasteiger partial charge in [-0.15, -0.1) is 0 Å². The van der Waals surface area contributed by atoms with Crippen molar-refractivity contribution in [3.63, 3.8) is 0 Å². The molecule has 0 amide bonds. The number of hydrogen-bond donors (Lipinski definition) is 1. The van der Waals surface area contributed by atoms with Crippen LogP contribution in [0.25, 0.3) is 0 Å². The van der Waals surface area contributed by atoms with Gasteiger partial charge in [0.05, 0.1) is 11.7 Å². The van der Waals surface area contributed by atoms with Crippen LogP contribution in [0.4, 0.5) is 0 Å². The maximum Gasteiger partial charge on any atom is 0.0631 e. The van der Waals surface area contributed by atoms with Crippen LogP contribution in [0.1, 0.15) is 72.1 Å². The molecule has 2 nitrogen and oxygen atoms in total. The van der Waals surface area contributed by atoms with Gasteiger partial charge in [0.2, 0.25) is 0 Å². The summed E-state index contributed by atoms with van der Waals surface area (Å²) in [5, 5.41) is 3.73. The summed E-state index contributed by atoms with van der Waals surface area (Å²) in [6.07, 6.45) is 11.1. The van der Waals surface area contributed by atoms with Gasteiger partial charge in [-0.1, -0.05) is 6.92 Å². The number of ether oxygens (including phenoxy) is 1. The predicted molar refractivity (Wildman–Crippen MR) is 76.8 cm³/mol. The predicted octanol–water partition coefficient (Wildman–Crippen LogP) is 3.89. The van der Waals surface area contributed by atoms with Crippen LogP contribution < -0.4 is 5.32 Å². The fourth-order valence-electron chi connectivity index (χ4n) is 3.18. The van der Waals surface area contributed by atoms with Gasteiger partial charge in [0.25, 0.3) is 0 Å². The first kappa shape index (κ1) is 14.3. The lowest BCUT2D eigenvalue weighted by Gasteiger charge is -2.21. The second kappa shape index (κ2) is 6.38. The molecule has 0 spiro atoms. The van der Waals surface area contributed by atoms with E-state index in [1.165, 1.54) is 57.9 Å². The van der Waals surface area contributed by atoms with E-state index in [2.05, 4.69) is 26.1 Å². The largest absolute Gasteiger partial charge is 0.372 e. The smallest absolute Gasteiger partial charge is 0.0631 e. The van der Waals surface area contributed by atoms with E-state index >= 15 is 0 Å². The van der Waals surface area contributed by atoms with Gasteiger partial charge in [-0.2, -0.15) is 0 Å². The van der Waals surface area contributed by atoms with E-state index in [0.29, 0.717) is 6.10 Å². The van der Waals surface area contributed by atoms with Crippen molar-refractivity contribution in [1.29, 1.82) is 0 Å². The van der Waals surface area contributed by atoms with Crippen molar-refractivity contribution in [2.75, 3.05) is 6.54 Å². The average molecular weight is 253 g/mol. The third kappa shape index (κ3) is 4.55. The minimum absolute atomic E-state index is 0.140. The fourth-order valence-corrected chi connectivity index (χ4v) is 3.18. The Bertz CT molecular complexity index is 247. The van der Waals surface area contributed by atoms with Crippen molar-refractivity contribution in [3.8, 4) is 0 Å². The molecule has 0 radical (unpaired) electrons. The summed E-state index contributed by atoms with van der Waals surface area (Å²) in [6.45, 7) is 7.89. The Balaban J connectivity index is 1.61. The van der Waals surface area contributed by atoms with Crippen LogP contribution in [0, 0.1) is 5.92 Å². The van der Waals surface area contributed by atoms with E-state index in [9.17, 15) is 0 Å². The van der Waals surface area contributed by atoms with Crippen molar-refractivity contribution in [1.82, 2.24) is 5.32 Å². The van der Waals surface area contributed by atoms with Crippen molar-refractivity contribution in [2.24, 2.45) is 5.92 Å². The Morgan fingerprint density at radius 2 is 2.06 bits per heavy atom. The molecular formula is C16H31NO. The topological polar surface area (TPSA) is 21.3 Å². The van der Waals surface area contributed by atoms with Crippen LogP contribution in [-0.4, -0.2) is 24.3 Å². The summed E-state index contributed by atoms with van der Waals surface area (Å²) < 4.78 is 6.07. The monoisotopic (exact) mass is 253 g/mol. The van der Waals surface area contributed by atoms with Gasteiger partial charge in [0.15, 0.2) is 0 Å². The van der Waals surface area contributed by atoms with E-state index in [4.69, 9.17) is 4.74 Å². The summed E-state index contributed by atoms with van der Waals surface area (Å²) in [5.41, 5.74) is 0.140. The maximum absolute atomic E-state index is 6.07. The highest BCUT2D eigenvalue weighted by Gasteiger charge is 2.33. The van der Waals surface area contributed by atoms with Gasteiger partial charge >= 0.3 is 0 Å². The number of nitrogens with one attached hydrogen (secondary N) is 1. The van der Waals surface area contributed by atoms with Crippen LogP contribution in [0.3, 0.4) is 0 Å². The third-order valence-corrected chi connectivity index (χ3v) is 4.44. The third-order valence-electron chi connectivity index (χ3n) is 4.44. The average Bonchev–Trinajstić information content (AvgIpc) is 3.09. The lowest BCUT2D eigenvalue weighted by molar-refractivity contribution is -0.0193. The molecule has 1 aliphatic heterocycles. The molecule has 1 N–H and O–H groups in total. The molecule has 2 unspecified atom stereocenters. The Kier molecular flexibility index (Phi) is 5.08. The highest BCUT2D eigenvalue weighted by molar-refractivity contribution is 4.87. The summed E-state index contributed by atoms with van der Waals surface area (Å²) in [7, 11) is 0. The molecular weight excluding hydrogens is 222 g/mol. The highest BCUT2D eigenvalue weighted by Crippen LogP contribution is 2.36. The van der Waals surface area contributed by atoms with Crippen molar-refractivity contribution in [3.05, 3.63) is 0 Å². The van der Waals surface area contributed by atoms with Gasteiger partial charge in [-0.3, -0.25) is 0 Å². The maximum atomic E-state index is 6.07. The van der Waals surface area contributed by atoms with Crippen LogP contribution in [0.5, 0.6) is 0 Å². The minimum atomic E-state index is 0.140. The second-order valence-electron chi connectivity index (χ2n) is 6.87. The number of rotatable bonds is 8. The lowest BCUT2D eigenvalue weighted by atomic mass is 10.0. The second-order valence-corrected chi connectivity index (χ2v) is 6.87. The van der Waals surface area contributed by atoms with E-state index in [1.54, 1.807) is 0 Å². The molecule has 2 rings (SSSR count). The first-order valence-electron chi connectivity index (χ1n) is 8.02. The van der Waals surface area contributed by atoms with Crippen LogP contribution in [0.2, 0.25) is 0 Å². The summed E-state index contributed by atoms with van der Waals surface area (Å²) in [5.74, 6) is 0.984. The Morgan fingerprint density at radius 3 is 2.61 bits per heavy atom. The Labute approximate surface area is 113 Å². The standard InChI is InChI=1S/C16H31NO/c1-4-12-17-15(13-8-9-13)7-5-6-14-10-11-16(2,3)18-14/h13-15,17H,4-12H2,1-3H3.